The molecule has 0 radical (unpaired) electrons. The zero-order chi connectivity index (χ0) is 18.4. The molecule has 1 aromatic carbocycles. The van der Waals surface area contributed by atoms with Crippen LogP contribution in [0.5, 0.6) is 5.75 Å². The number of nitrogens with one attached hydrogen (secondary N) is 1. The molecule has 1 aliphatic rings. The fourth-order valence-electron chi connectivity index (χ4n) is 3.19. The lowest BCUT2D eigenvalue weighted by molar-refractivity contribution is -0.120. The molecule has 0 bridgehead atoms. The zero-order valence-corrected chi connectivity index (χ0v) is 14.4. The number of nitrogens with zero attached hydrogens (tertiary/aromatic N) is 1. The van der Waals surface area contributed by atoms with Gasteiger partial charge in [0.05, 0.1) is 18.7 Å². The van der Waals surface area contributed by atoms with Crippen LogP contribution >= 0.6 is 0 Å². The molecule has 140 valence electrons. The fraction of sp³-hybridized carbons (Fsp3) is 0.421. The van der Waals surface area contributed by atoms with E-state index in [1.807, 2.05) is 12.1 Å². The topological polar surface area (TPSA) is 54.7 Å². The van der Waals surface area contributed by atoms with Crippen molar-refractivity contribution < 1.29 is 22.7 Å². The van der Waals surface area contributed by atoms with Gasteiger partial charge in [0.1, 0.15) is 11.5 Å². The summed E-state index contributed by atoms with van der Waals surface area (Å²) in [5.41, 5.74) is 0.736. The zero-order valence-electron chi connectivity index (χ0n) is 14.4. The lowest BCUT2D eigenvalue weighted by Gasteiger charge is -2.26. The average molecular weight is 364 g/mol. The van der Waals surface area contributed by atoms with E-state index in [1.54, 1.807) is 18.4 Å². The van der Waals surface area contributed by atoms with E-state index in [-0.39, 0.29) is 24.1 Å². The van der Waals surface area contributed by atoms with Crippen LogP contribution in [0, 0.1) is 0 Å². The lowest BCUT2D eigenvalue weighted by Crippen LogP contribution is -2.37. The molecule has 1 amide bonds. The van der Waals surface area contributed by atoms with E-state index in [0.717, 1.165) is 37.3 Å². The van der Waals surface area contributed by atoms with Crippen LogP contribution in [-0.2, 0) is 11.2 Å². The predicted octanol–water partition coefficient (Wildman–Crippen LogP) is 3.38. The third-order valence-corrected chi connectivity index (χ3v) is 4.46. The normalized spacial score (nSPS) is 16.0. The van der Waals surface area contributed by atoms with Crippen LogP contribution in [0.2, 0.25) is 0 Å². The number of benzene rings is 1. The van der Waals surface area contributed by atoms with Gasteiger partial charge < -0.3 is 14.5 Å². The van der Waals surface area contributed by atoms with Gasteiger partial charge in [-0.1, -0.05) is 12.1 Å². The Morgan fingerprint density at radius 2 is 1.92 bits per heavy atom. The highest BCUT2D eigenvalue weighted by molar-refractivity contribution is 5.78. The van der Waals surface area contributed by atoms with Crippen molar-refractivity contribution in [3.63, 3.8) is 0 Å². The molecule has 1 aromatic heterocycles. The summed E-state index contributed by atoms with van der Waals surface area (Å²) in [6.07, 6.45) is 4.12. The second kappa shape index (κ2) is 8.80. The second-order valence-electron chi connectivity index (χ2n) is 6.28. The Labute approximate surface area is 150 Å². The summed E-state index contributed by atoms with van der Waals surface area (Å²) >= 11 is 0. The van der Waals surface area contributed by atoms with Crippen LogP contribution in [0.25, 0.3) is 0 Å². The van der Waals surface area contributed by atoms with E-state index in [0.29, 0.717) is 6.54 Å². The Hall–Kier alpha value is -2.41. The predicted molar refractivity (Wildman–Crippen MR) is 92.0 cm³/mol. The van der Waals surface area contributed by atoms with Crippen molar-refractivity contribution in [2.75, 3.05) is 19.6 Å². The van der Waals surface area contributed by atoms with E-state index in [9.17, 15) is 13.6 Å². The first-order valence-corrected chi connectivity index (χ1v) is 8.70. The number of halogens is 2. The van der Waals surface area contributed by atoms with Crippen molar-refractivity contribution in [2.24, 2.45) is 0 Å². The van der Waals surface area contributed by atoms with Gasteiger partial charge in [-0.15, -0.1) is 0 Å². The van der Waals surface area contributed by atoms with Gasteiger partial charge in [-0.05, 0) is 55.8 Å². The number of hydrogen-bond donors (Lipinski definition) is 1. The third kappa shape index (κ3) is 5.05. The van der Waals surface area contributed by atoms with Crippen molar-refractivity contribution in [3.05, 3.63) is 54.0 Å². The number of carbonyl (C=O) groups excluding carboxylic acids is 1. The molecule has 1 fully saturated rings. The van der Waals surface area contributed by atoms with E-state index in [1.165, 1.54) is 12.1 Å². The number of furan rings is 1. The lowest BCUT2D eigenvalue weighted by atomic mass is 10.1. The Balaban J connectivity index is 1.53. The molecule has 5 nitrogen and oxygen atoms in total. The largest absolute Gasteiger partial charge is 0.468 e. The van der Waals surface area contributed by atoms with E-state index in [2.05, 4.69) is 15.0 Å². The number of rotatable bonds is 8. The molecule has 1 aliphatic heterocycles. The minimum Gasteiger partial charge on any atom is -0.468 e. The molecule has 1 N–H and O–H groups in total. The number of ether oxygens (including phenoxy) is 1. The molecule has 1 atom stereocenters. The molecule has 7 heteroatoms. The number of carbonyl (C=O) groups is 1. The van der Waals surface area contributed by atoms with Crippen molar-refractivity contribution >= 4 is 5.91 Å². The molecule has 0 spiro atoms. The van der Waals surface area contributed by atoms with Crippen LogP contribution in [0.3, 0.4) is 0 Å². The van der Waals surface area contributed by atoms with Gasteiger partial charge >= 0.3 is 6.61 Å². The van der Waals surface area contributed by atoms with Gasteiger partial charge in [-0.25, -0.2) is 0 Å². The fourth-order valence-corrected chi connectivity index (χ4v) is 3.19. The van der Waals surface area contributed by atoms with Gasteiger partial charge in [-0.3, -0.25) is 9.69 Å². The first-order chi connectivity index (χ1) is 12.6. The number of likely N-dealkylation sites (tertiary alicyclic amines) is 1. The van der Waals surface area contributed by atoms with Crippen molar-refractivity contribution in [2.45, 2.75) is 31.9 Å². The van der Waals surface area contributed by atoms with Gasteiger partial charge in [0.2, 0.25) is 5.91 Å². The SMILES string of the molecule is O=C(Cc1ccc(OC(F)F)cc1)NCC(c1ccco1)N1CCCC1. The van der Waals surface area contributed by atoms with Crippen LogP contribution in [0.15, 0.2) is 47.1 Å². The second-order valence-corrected chi connectivity index (χ2v) is 6.28. The summed E-state index contributed by atoms with van der Waals surface area (Å²) in [6.45, 7) is -0.397. The standard InChI is InChI=1S/C19H22F2N2O3/c20-19(21)26-15-7-5-14(6-8-15)12-18(24)22-13-16(17-4-3-11-25-17)23-9-1-2-10-23/h3-8,11,16,19H,1-2,9-10,12-13H2,(H,22,24). The Bertz CT molecular complexity index is 683. The van der Waals surface area contributed by atoms with Crippen molar-refractivity contribution in [1.82, 2.24) is 10.2 Å². The van der Waals surface area contributed by atoms with Crippen LogP contribution in [0.1, 0.15) is 30.2 Å². The van der Waals surface area contributed by atoms with Gasteiger partial charge in [0, 0.05) is 6.54 Å². The highest BCUT2D eigenvalue weighted by Gasteiger charge is 2.25. The summed E-state index contributed by atoms with van der Waals surface area (Å²) in [7, 11) is 0. The highest BCUT2D eigenvalue weighted by atomic mass is 19.3. The minimum atomic E-state index is -2.85. The van der Waals surface area contributed by atoms with Crippen molar-refractivity contribution in [3.8, 4) is 5.75 Å². The Kier molecular flexibility index (Phi) is 6.22. The smallest absolute Gasteiger partial charge is 0.387 e. The first kappa shape index (κ1) is 18.4. The van der Waals surface area contributed by atoms with Crippen LogP contribution in [0.4, 0.5) is 8.78 Å². The molecular formula is C19H22F2N2O3. The van der Waals surface area contributed by atoms with Crippen molar-refractivity contribution in [1.29, 1.82) is 0 Å². The van der Waals surface area contributed by atoms with E-state index < -0.39 is 6.61 Å². The van der Waals surface area contributed by atoms with E-state index >= 15 is 0 Å². The summed E-state index contributed by atoms with van der Waals surface area (Å²) in [6, 6.07) is 9.90. The maximum Gasteiger partial charge on any atom is 0.387 e. The molecule has 1 saturated heterocycles. The van der Waals surface area contributed by atoms with Gasteiger partial charge in [0.15, 0.2) is 0 Å². The summed E-state index contributed by atoms with van der Waals surface area (Å²) in [5, 5.41) is 2.95. The Morgan fingerprint density at radius 3 is 2.54 bits per heavy atom. The number of hydrogen-bond acceptors (Lipinski definition) is 4. The summed E-state index contributed by atoms with van der Waals surface area (Å²) in [4.78, 5) is 14.6. The quantitative estimate of drug-likeness (QED) is 0.780. The third-order valence-electron chi connectivity index (χ3n) is 4.46. The van der Waals surface area contributed by atoms with Gasteiger partial charge in [0.25, 0.3) is 0 Å². The molecule has 0 saturated carbocycles. The molecule has 3 rings (SSSR count). The summed E-state index contributed by atoms with van der Waals surface area (Å²) in [5.74, 6) is 0.806. The molecule has 26 heavy (non-hydrogen) atoms. The first-order valence-electron chi connectivity index (χ1n) is 8.70. The van der Waals surface area contributed by atoms with E-state index in [4.69, 9.17) is 4.42 Å². The molecule has 2 aromatic rings. The molecule has 0 aliphatic carbocycles. The van der Waals surface area contributed by atoms with Crippen LogP contribution in [-0.4, -0.2) is 37.1 Å². The molecule has 1 unspecified atom stereocenters. The van der Waals surface area contributed by atoms with Crippen LogP contribution < -0.4 is 10.1 Å². The monoisotopic (exact) mass is 364 g/mol. The van der Waals surface area contributed by atoms with Gasteiger partial charge in [-0.2, -0.15) is 8.78 Å². The number of alkyl halides is 2. The minimum absolute atomic E-state index is 0.0262. The molecule has 2 heterocycles. The molecular weight excluding hydrogens is 342 g/mol. The summed E-state index contributed by atoms with van der Waals surface area (Å²) < 4.78 is 34.1. The maximum atomic E-state index is 12.3. The maximum absolute atomic E-state index is 12.3. The Morgan fingerprint density at radius 1 is 1.19 bits per heavy atom. The number of amides is 1. The average Bonchev–Trinajstić information content (AvgIpc) is 3.30. The highest BCUT2D eigenvalue weighted by Crippen LogP contribution is 2.25.